The predicted molar refractivity (Wildman–Crippen MR) is 88.5 cm³/mol. The molecule has 2 aromatic heterocycles. The van der Waals surface area contributed by atoms with Crippen LogP contribution in [0.25, 0.3) is 43.1 Å². The monoisotopic (exact) mass is 318 g/mol. The summed E-state index contributed by atoms with van der Waals surface area (Å²) >= 11 is 0. The van der Waals surface area contributed by atoms with Gasteiger partial charge >= 0.3 is 22.5 Å². The van der Waals surface area contributed by atoms with Crippen molar-refractivity contribution in [1.29, 1.82) is 0 Å². The molecule has 0 aliphatic rings. The molecule has 0 saturated heterocycles. The molecular formula is C18H6O6. The van der Waals surface area contributed by atoms with Gasteiger partial charge in [0.1, 0.15) is 0 Å². The molecular weight excluding hydrogens is 312 g/mol. The second-order valence-electron chi connectivity index (χ2n) is 5.56. The molecule has 0 aliphatic heterocycles. The molecule has 114 valence electrons. The van der Waals surface area contributed by atoms with Gasteiger partial charge in [0.15, 0.2) is 0 Å². The number of hydrogen-bond donors (Lipinski definition) is 0. The van der Waals surface area contributed by atoms with E-state index in [1.807, 2.05) is 0 Å². The maximum atomic E-state index is 12.2. The second-order valence-corrected chi connectivity index (χ2v) is 5.56. The van der Waals surface area contributed by atoms with Gasteiger partial charge < -0.3 is 8.83 Å². The van der Waals surface area contributed by atoms with Crippen LogP contribution in [0, 0.1) is 0 Å². The van der Waals surface area contributed by atoms with Gasteiger partial charge in [-0.1, -0.05) is 30.3 Å². The number of benzene rings is 3. The van der Waals surface area contributed by atoms with Crippen molar-refractivity contribution < 1.29 is 8.83 Å². The van der Waals surface area contributed by atoms with Gasteiger partial charge in [-0.25, -0.2) is 19.2 Å². The predicted octanol–water partition coefficient (Wildman–Crippen LogP) is 1.80. The van der Waals surface area contributed by atoms with E-state index in [9.17, 15) is 19.2 Å². The molecule has 6 nitrogen and oxygen atoms in total. The Kier molecular flexibility index (Phi) is 2.19. The third-order valence-corrected chi connectivity index (χ3v) is 4.39. The minimum absolute atomic E-state index is 0.00570. The summed E-state index contributed by atoms with van der Waals surface area (Å²) in [4.78, 5) is 48.3. The largest absolute Gasteiger partial charge is 0.386 e. The Morgan fingerprint density at radius 2 is 0.958 bits per heavy atom. The van der Waals surface area contributed by atoms with Crippen LogP contribution < -0.4 is 22.5 Å². The topological polar surface area (TPSA) is 94.6 Å². The maximum Gasteiger partial charge on any atom is 0.347 e. The van der Waals surface area contributed by atoms with E-state index < -0.39 is 22.5 Å². The SMILES string of the molecule is O=c1oc(=O)c2c1ccc1c3ccccc3c3c(=O)oc(=O)c3c12. The van der Waals surface area contributed by atoms with E-state index in [0.29, 0.717) is 16.2 Å². The smallest absolute Gasteiger partial charge is 0.347 e. The average molecular weight is 318 g/mol. The highest BCUT2D eigenvalue weighted by Gasteiger charge is 2.22. The highest BCUT2D eigenvalue weighted by atomic mass is 16.4. The Hall–Kier alpha value is -3.54. The van der Waals surface area contributed by atoms with Crippen molar-refractivity contribution in [3.05, 3.63) is 78.1 Å². The fourth-order valence-electron chi connectivity index (χ4n) is 3.46. The highest BCUT2D eigenvalue weighted by Crippen LogP contribution is 2.34. The standard InChI is InChI=1S/C18H6O6/c19-15-10-6-5-9-7-3-1-2-4-8(7)12-14(18(22)24-16(12)20)11(9)13(10)17(21)23-15/h1-6H. The molecule has 0 fully saturated rings. The molecule has 2 heterocycles. The third-order valence-electron chi connectivity index (χ3n) is 4.39. The van der Waals surface area contributed by atoms with Crippen LogP contribution in [0.2, 0.25) is 0 Å². The summed E-state index contributed by atoms with van der Waals surface area (Å²) in [6.07, 6.45) is 0. The third kappa shape index (κ3) is 1.35. The van der Waals surface area contributed by atoms with Crippen LogP contribution in [-0.4, -0.2) is 0 Å². The van der Waals surface area contributed by atoms with Crippen molar-refractivity contribution in [3.63, 3.8) is 0 Å². The first-order chi connectivity index (χ1) is 11.6. The van der Waals surface area contributed by atoms with E-state index in [4.69, 9.17) is 4.42 Å². The van der Waals surface area contributed by atoms with Crippen LogP contribution in [0.1, 0.15) is 0 Å². The van der Waals surface area contributed by atoms with E-state index in [-0.39, 0.29) is 26.9 Å². The molecule has 0 spiro atoms. The minimum atomic E-state index is -0.828. The lowest BCUT2D eigenvalue weighted by atomic mass is 9.94. The Morgan fingerprint density at radius 1 is 0.458 bits per heavy atom. The van der Waals surface area contributed by atoms with Gasteiger partial charge in [0.25, 0.3) is 0 Å². The first-order valence-corrected chi connectivity index (χ1v) is 7.12. The van der Waals surface area contributed by atoms with Gasteiger partial charge in [0.2, 0.25) is 0 Å². The summed E-state index contributed by atoms with van der Waals surface area (Å²) in [7, 11) is 0. The van der Waals surface area contributed by atoms with Crippen molar-refractivity contribution in [1.82, 2.24) is 0 Å². The number of furan rings is 2. The molecule has 24 heavy (non-hydrogen) atoms. The zero-order valence-corrected chi connectivity index (χ0v) is 11.9. The van der Waals surface area contributed by atoms with E-state index in [1.165, 1.54) is 6.07 Å². The van der Waals surface area contributed by atoms with Crippen molar-refractivity contribution in [3.8, 4) is 0 Å². The molecule has 0 bridgehead atoms. The molecule has 0 N–H and O–H groups in total. The highest BCUT2D eigenvalue weighted by molar-refractivity contribution is 6.30. The minimum Gasteiger partial charge on any atom is -0.386 e. The van der Waals surface area contributed by atoms with Crippen molar-refractivity contribution >= 4 is 43.1 Å². The summed E-state index contributed by atoms with van der Waals surface area (Å²) in [6, 6.07) is 10.2. The van der Waals surface area contributed by atoms with Crippen molar-refractivity contribution in [2.75, 3.05) is 0 Å². The molecule has 0 atom stereocenters. The van der Waals surface area contributed by atoms with Gasteiger partial charge in [-0.2, -0.15) is 0 Å². The Morgan fingerprint density at radius 3 is 1.71 bits per heavy atom. The summed E-state index contributed by atoms with van der Waals surface area (Å²) < 4.78 is 9.41. The van der Waals surface area contributed by atoms with Crippen LogP contribution in [-0.2, 0) is 0 Å². The first-order valence-electron chi connectivity index (χ1n) is 7.12. The van der Waals surface area contributed by atoms with E-state index >= 15 is 0 Å². The van der Waals surface area contributed by atoms with Gasteiger partial charge in [-0.05, 0) is 22.2 Å². The van der Waals surface area contributed by atoms with Crippen LogP contribution >= 0.6 is 0 Å². The second kappa shape index (κ2) is 4.05. The molecule has 0 unspecified atom stereocenters. The number of fused-ring (bicyclic) bond motifs is 8. The lowest BCUT2D eigenvalue weighted by molar-refractivity contribution is 0.500. The lowest BCUT2D eigenvalue weighted by Gasteiger charge is -2.05. The van der Waals surface area contributed by atoms with Crippen LogP contribution in [0.15, 0.2) is 64.4 Å². The van der Waals surface area contributed by atoms with Crippen LogP contribution in [0.3, 0.4) is 0 Å². The average Bonchev–Trinajstić information content (AvgIpc) is 3.04. The quantitative estimate of drug-likeness (QED) is 0.404. The lowest BCUT2D eigenvalue weighted by Crippen LogP contribution is -1.98. The Bertz CT molecular complexity index is 1520. The van der Waals surface area contributed by atoms with Gasteiger partial charge in [-0.15, -0.1) is 0 Å². The van der Waals surface area contributed by atoms with E-state index in [0.717, 1.165) is 0 Å². The molecule has 3 aromatic carbocycles. The van der Waals surface area contributed by atoms with Gasteiger partial charge in [0.05, 0.1) is 21.5 Å². The zero-order chi connectivity index (χ0) is 16.6. The molecule has 0 saturated carbocycles. The van der Waals surface area contributed by atoms with Crippen LogP contribution in [0.5, 0.6) is 0 Å². The Labute approximate surface area is 130 Å². The summed E-state index contributed by atoms with van der Waals surface area (Å²) in [5.74, 6) is 0. The van der Waals surface area contributed by atoms with Gasteiger partial charge in [-0.3, -0.25) is 0 Å². The molecule has 5 aromatic rings. The summed E-state index contributed by atoms with van der Waals surface area (Å²) in [6.45, 7) is 0. The number of rotatable bonds is 0. The summed E-state index contributed by atoms with van der Waals surface area (Å²) in [5, 5.41) is 2.28. The van der Waals surface area contributed by atoms with Crippen molar-refractivity contribution in [2.24, 2.45) is 0 Å². The normalized spacial score (nSPS) is 12.0. The fraction of sp³-hybridized carbons (Fsp3) is 0. The van der Waals surface area contributed by atoms with Crippen LogP contribution in [0.4, 0.5) is 0 Å². The van der Waals surface area contributed by atoms with E-state index in [1.54, 1.807) is 30.3 Å². The maximum absolute atomic E-state index is 12.2. The Balaban J connectivity index is 2.38. The zero-order valence-electron chi connectivity index (χ0n) is 11.9. The summed E-state index contributed by atoms with van der Waals surface area (Å²) in [5.41, 5.74) is -3.18. The molecule has 0 amide bonds. The van der Waals surface area contributed by atoms with Crippen molar-refractivity contribution in [2.45, 2.75) is 0 Å². The molecule has 5 rings (SSSR count). The first kappa shape index (κ1) is 13.0. The molecule has 0 radical (unpaired) electrons. The van der Waals surface area contributed by atoms with E-state index in [2.05, 4.69) is 4.42 Å². The number of hydrogen-bond acceptors (Lipinski definition) is 6. The molecule has 0 aliphatic carbocycles. The van der Waals surface area contributed by atoms with Gasteiger partial charge in [0, 0.05) is 5.39 Å². The fourth-order valence-corrected chi connectivity index (χ4v) is 3.46. The molecule has 6 heteroatoms.